The van der Waals surface area contributed by atoms with E-state index in [9.17, 15) is 9.59 Å². The first-order valence-electron chi connectivity index (χ1n) is 10.6. The number of anilines is 1. The average molecular weight is 435 g/mol. The second-order valence-corrected chi connectivity index (χ2v) is 8.49. The summed E-state index contributed by atoms with van der Waals surface area (Å²) in [7, 11) is 0. The van der Waals surface area contributed by atoms with Gasteiger partial charge in [-0.15, -0.1) is 0 Å². The van der Waals surface area contributed by atoms with Gasteiger partial charge in [0.1, 0.15) is 11.0 Å². The van der Waals surface area contributed by atoms with Gasteiger partial charge in [0.2, 0.25) is 5.91 Å². The molecule has 3 heterocycles. The number of carbonyl (C=O) groups is 2. The molecule has 2 aliphatic heterocycles. The van der Waals surface area contributed by atoms with Crippen molar-refractivity contribution in [1.82, 2.24) is 14.8 Å². The molecule has 7 nitrogen and oxygen atoms in total. The van der Waals surface area contributed by atoms with Crippen molar-refractivity contribution in [3.63, 3.8) is 0 Å². The van der Waals surface area contributed by atoms with Crippen LogP contribution in [0.4, 0.5) is 5.82 Å². The summed E-state index contributed by atoms with van der Waals surface area (Å²) in [5.74, 6) is 0.981. The lowest BCUT2D eigenvalue weighted by atomic mass is 10.1. The summed E-state index contributed by atoms with van der Waals surface area (Å²) in [6.45, 7) is 10.6. The Bertz CT molecular complexity index is 781. The van der Waals surface area contributed by atoms with Crippen LogP contribution in [-0.2, 0) is 20.9 Å². The van der Waals surface area contributed by atoms with E-state index in [-0.39, 0.29) is 24.5 Å². The van der Waals surface area contributed by atoms with E-state index in [1.165, 1.54) is 0 Å². The Hall–Kier alpha value is -1.96. The zero-order valence-electron chi connectivity index (χ0n) is 17.9. The maximum absolute atomic E-state index is 12.4. The van der Waals surface area contributed by atoms with Gasteiger partial charge >= 0.3 is 0 Å². The number of hydrogen-bond donors (Lipinski definition) is 0. The molecule has 0 bridgehead atoms. The van der Waals surface area contributed by atoms with Crippen LogP contribution in [0.2, 0.25) is 5.15 Å². The number of halogens is 1. The summed E-state index contributed by atoms with van der Waals surface area (Å²) in [5.41, 5.74) is 2.10. The highest BCUT2D eigenvalue weighted by Gasteiger charge is 2.22. The molecule has 0 aliphatic carbocycles. The first kappa shape index (κ1) is 22.7. The molecule has 2 aliphatic rings. The highest BCUT2D eigenvalue weighted by atomic mass is 35.5. The Kier molecular flexibility index (Phi) is 8.24. The number of piperazine rings is 1. The molecule has 1 aromatic rings. The molecule has 2 fully saturated rings. The van der Waals surface area contributed by atoms with Crippen LogP contribution in [0.25, 0.3) is 0 Å². The molecular formula is C22H31ClN4O3. The average Bonchev–Trinajstić information content (AvgIpc) is 2.72. The summed E-state index contributed by atoms with van der Waals surface area (Å²) in [6.07, 6.45) is 2.17. The standard InChI is InChI=1S/C22H31ClN4O3/c1-17(2)13-19(28)3-4-22(29)27-7-5-25(6-8-27)16-18-14-20(23)24-21(15-18)26-9-11-30-12-10-26/h13-15H,3-12,16H2,1-2H3. The first-order valence-corrected chi connectivity index (χ1v) is 11.0. The minimum absolute atomic E-state index is 0.0209. The van der Waals surface area contributed by atoms with E-state index in [2.05, 4.69) is 20.9 Å². The number of allylic oxidation sites excluding steroid dienone is 2. The highest BCUT2D eigenvalue weighted by molar-refractivity contribution is 6.29. The van der Waals surface area contributed by atoms with E-state index in [1.54, 1.807) is 6.08 Å². The summed E-state index contributed by atoms with van der Waals surface area (Å²) >= 11 is 6.27. The molecular weight excluding hydrogens is 404 g/mol. The van der Waals surface area contributed by atoms with Crippen molar-refractivity contribution in [3.05, 3.63) is 34.5 Å². The van der Waals surface area contributed by atoms with Gasteiger partial charge in [0.15, 0.2) is 5.78 Å². The molecule has 0 saturated carbocycles. The van der Waals surface area contributed by atoms with Crippen molar-refractivity contribution in [1.29, 1.82) is 0 Å². The molecule has 0 radical (unpaired) electrons. The topological polar surface area (TPSA) is 66.0 Å². The highest BCUT2D eigenvalue weighted by Crippen LogP contribution is 2.21. The number of pyridine rings is 1. The molecule has 0 spiro atoms. The number of hydrogen-bond acceptors (Lipinski definition) is 6. The normalized spacial score (nSPS) is 17.7. The Morgan fingerprint density at radius 2 is 1.77 bits per heavy atom. The monoisotopic (exact) mass is 434 g/mol. The predicted octanol–water partition coefficient (Wildman–Crippen LogP) is 2.53. The van der Waals surface area contributed by atoms with Gasteiger partial charge in [-0.25, -0.2) is 4.98 Å². The van der Waals surface area contributed by atoms with Crippen LogP contribution < -0.4 is 4.90 Å². The number of aromatic nitrogens is 1. The Labute approximate surface area is 183 Å². The van der Waals surface area contributed by atoms with Crippen LogP contribution in [0, 0.1) is 0 Å². The van der Waals surface area contributed by atoms with Crippen molar-refractivity contribution < 1.29 is 14.3 Å². The number of ketones is 1. The van der Waals surface area contributed by atoms with Gasteiger partial charge in [0.05, 0.1) is 13.2 Å². The third kappa shape index (κ3) is 6.79. The summed E-state index contributed by atoms with van der Waals surface area (Å²) in [4.78, 5) is 35.1. The second-order valence-electron chi connectivity index (χ2n) is 8.10. The van der Waals surface area contributed by atoms with Gasteiger partial charge in [-0.3, -0.25) is 14.5 Å². The summed E-state index contributed by atoms with van der Waals surface area (Å²) in [6, 6.07) is 4.02. The molecule has 2 saturated heterocycles. The van der Waals surface area contributed by atoms with Crippen molar-refractivity contribution in [2.24, 2.45) is 0 Å². The van der Waals surface area contributed by atoms with Gasteiger partial charge in [-0.1, -0.05) is 17.2 Å². The van der Waals surface area contributed by atoms with Crippen molar-refractivity contribution in [2.75, 3.05) is 57.4 Å². The molecule has 0 N–H and O–H groups in total. The van der Waals surface area contributed by atoms with Crippen LogP contribution in [-0.4, -0.2) is 79.0 Å². The number of rotatable bonds is 7. The van der Waals surface area contributed by atoms with Crippen LogP contribution >= 0.6 is 11.6 Å². The molecule has 8 heteroatoms. The third-order valence-corrected chi connectivity index (χ3v) is 5.54. The lowest BCUT2D eigenvalue weighted by Gasteiger charge is -2.35. The zero-order chi connectivity index (χ0) is 21.5. The lowest BCUT2D eigenvalue weighted by molar-refractivity contribution is -0.134. The second kappa shape index (κ2) is 10.9. The summed E-state index contributed by atoms with van der Waals surface area (Å²) < 4.78 is 5.42. The molecule has 30 heavy (non-hydrogen) atoms. The van der Waals surface area contributed by atoms with E-state index in [0.29, 0.717) is 31.5 Å². The Balaban J connectivity index is 1.48. The van der Waals surface area contributed by atoms with Gasteiger partial charge < -0.3 is 14.5 Å². The Morgan fingerprint density at radius 3 is 2.43 bits per heavy atom. The fourth-order valence-electron chi connectivity index (χ4n) is 3.78. The number of amides is 1. The molecule has 1 amide bonds. The third-order valence-electron chi connectivity index (χ3n) is 5.34. The van der Waals surface area contributed by atoms with Gasteiger partial charge in [-0.05, 0) is 37.6 Å². The quantitative estimate of drug-likeness (QED) is 0.485. The lowest BCUT2D eigenvalue weighted by Crippen LogP contribution is -2.48. The maximum atomic E-state index is 12.4. The minimum Gasteiger partial charge on any atom is -0.378 e. The SMILES string of the molecule is CC(C)=CC(=O)CCC(=O)N1CCN(Cc2cc(Cl)nc(N3CCOCC3)c2)CC1. The molecule has 0 atom stereocenters. The first-order chi connectivity index (χ1) is 14.4. The Morgan fingerprint density at radius 1 is 1.07 bits per heavy atom. The molecule has 0 unspecified atom stereocenters. The van der Waals surface area contributed by atoms with Crippen molar-refractivity contribution in [3.8, 4) is 0 Å². The molecule has 3 rings (SSSR count). The number of ether oxygens (including phenoxy) is 1. The minimum atomic E-state index is 0.0209. The smallest absolute Gasteiger partial charge is 0.223 e. The van der Waals surface area contributed by atoms with Gasteiger partial charge in [0, 0.05) is 58.7 Å². The largest absolute Gasteiger partial charge is 0.378 e. The van der Waals surface area contributed by atoms with Gasteiger partial charge in [0.25, 0.3) is 0 Å². The zero-order valence-corrected chi connectivity index (χ0v) is 18.7. The number of carbonyl (C=O) groups excluding carboxylic acids is 2. The molecule has 1 aromatic heterocycles. The van der Waals surface area contributed by atoms with E-state index < -0.39 is 0 Å². The summed E-state index contributed by atoms with van der Waals surface area (Å²) in [5, 5.41) is 0.504. The van der Waals surface area contributed by atoms with E-state index >= 15 is 0 Å². The maximum Gasteiger partial charge on any atom is 0.223 e. The van der Waals surface area contributed by atoms with Crippen LogP contribution in [0.5, 0.6) is 0 Å². The molecule has 0 aromatic carbocycles. The van der Waals surface area contributed by atoms with Crippen LogP contribution in [0.15, 0.2) is 23.8 Å². The van der Waals surface area contributed by atoms with Crippen LogP contribution in [0.1, 0.15) is 32.3 Å². The van der Waals surface area contributed by atoms with Crippen LogP contribution in [0.3, 0.4) is 0 Å². The number of nitrogens with zero attached hydrogens (tertiary/aromatic N) is 4. The van der Waals surface area contributed by atoms with Crippen molar-refractivity contribution >= 4 is 29.1 Å². The van der Waals surface area contributed by atoms with E-state index in [4.69, 9.17) is 16.3 Å². The van der Waals surface area contributed by atoms with E-state index in [0.717, 1.165) is 49.7 Å². The predicted molar refractivity (Wildman–Crippen MR) is 118 cm³/mol. The van der Waals surface area contributed by atoms with E-state index in [1.807, 2.05) is 24.8 Å². The fourth-order valence-corrected chi connectivity index (χ4v) is 4.00. The fraction of sp³-hybridized carbons (Fsp3) is 0.591. The number of morpholine rings is 1. The molecule has 164 valence electrons. The van der Waals surface area contributed by atoms with Crippen molar-refractivity contribution in [2.45, 2.75) is 33.2 Å². The van der Waals surface area contributed by atoms with Gasteiger partial charge in [-0.2, -0.15) is 0 Å².